The summed E-state index contributed by atoms with van der Waals surface area (Å²) in [6.07, 6.45) is 1.52. The molecule has 0 saturated carbocycles. The number of hydrogen-bond donors (Lipinski definition) is 7. The van der Waals surface area contributed by atoms with Crippen molar-refractivity contribution < 1.29 is 24.3 Å². The molecule has 0 aliphatic heterocycles. The number of guanidine groups is 1. The number of nitrogens with zero attached hydrogens (tertiary/aromatic N) is 1. The molecule has 2 aromatic carbocycles. The van der Waals surface area contributed by atoms with Crippen LogP contribution in [0.1, 0.15) is 44.2 Å². The fourth-order valence-electron chi connectivity index (χ4n) is 4.26. The first-order chi connectivity index (χ1) is 20.0. The van der Waals surface area contributed by atoms with Gasteiger partial charge in [-0.05, 0) is 29.9 Å². The topological polar surface area (TPSA) is 215 Å². The van der Waals surface area contributed by atoms with Crippen LogP contribution in [0.5, 0.6) is 0 Å². The number of amides is 3. The number of carbonyl (C=O) groups excluding carboxylic acids is 3. The molecule has 0 aliphatic carbocycles. The van der Waals surface area contributed by atoms with Crippen LogP contribution in [-0.2, 0) is 32.0 Å². The number of hydrogen-bond acceptors (Lipinski definition) is 6. The van der Waals surface area contributed by atoms with Gasteiger partial charge in [-0.3, -0.25) is 19.4 Å². The van der Waals surface area contributed by atoms with Crippen LogP contribution in [0, 0.1) is 5.92 Å². The lowest BCUT2D eigenvalue weighted by atomic mass is 9.96. The molecule has 0 aromatic heterocycles. The highest BCUT2D eigenvalue weighted by Gasteiger charge is 2.33. The minimum Gasteiger partial charge on any atom is -0.480 e. The van der Waals surface area contributed by atoms with E-state index in [1.54, 1.807) is 31.2 Å². The molecule has 0 saturated heterocycles. The molecule has 0 spiro atoms. The van der Waals surface area contributed by atoms with Gasteiger partial charge in [-0.25, -0.2) is 4.79 Å². The molecule has 10 N–H and O–H groups in total. The monoisotopic (exact) mass is 581 g/mol. The Morgan fingerprint density at radius 2 is 1.33 bits per heavy atom. The van der Waals surface area contributed by atoms with Gasteiger partial charge in [0.25, 0.3) is 0 Å². The summed E-state index contributed by atoms with van der Waals surface area (Å²) in [4.78, 5) is 55.7. The Balaban J connectivity index is 2.19. The molecule has 2 aromatic rings. The van der Waals surface area contributed by atoms with Gasteiger partial charge < -0.3 is 38.3 Å². The van der Waals surface area contributed by atoms with Crippen LogP contribution < -0.4 is 33.2 Å². The van der Waals surface area contributed by atoms with E-state index in [-0.39, 0.29) is 31.1 Å². The normalized spacial score (nSPS) is 14.4. The van der Waals surface area contributed by atoms with E-state index >= 15 is 0 Å². The highest BCUT2D eigenvalue weighted by Crippen LogP contribution is 2.12. The zero-order chi connectivity index (χ0) is 31.1. The van der Waals surface area contributed by atoms with Gasteiger partial charge >= 0.3 is 5.97 Å². The van der Waals surface area contributed by atoms with Crippen LogP contribution in [0.2, 0.25) is 0 Å². The highest BCUT2D eigenvalue weighted by atomic mass is 16.4. The van der Waals surface area contributed by atoms with Crippen LogP contribution in [0.3, 0.4) is 0 Å². The van der Waals surface area contributed by atoms with Crippen molar-refractivity contribution in [2.45, 2.75) is 70.1 Å². The van der Waals surface area contributed by atoms with E-state index in [0.717, 1.165) is 11.1 Å². The van der Waals surface area contributed by atoms with Crippen molar-refractivity contribution in [2.24, 2.45) is 28.1 Å². The second kappa shape index (κ2) is 17.4. The molecule has 0 aliphatic rings. The van der Waals surface area contributed by atoms with Gasteiger partial charge in [-0.1, -0.05) is 80.9 Å². The molecular weight excluding hydrogens is 538 g/mol. The molecule has 0 radical (unpaired) electrons. The second-order valence-electron chi connectivity index (χ2n) is 10.3. The number of nitrogens with two attached hydrogens (primary N) is 3. The number of nitrogens with one attached hydrogen (secondary N) is 3. The molecule has 228 valence electrons. The van der Waals surface area contributed by atoms with Crippen molar-refractivity contribution in [3.8, 4) is 0 Å². The largest absolute Gasteiger partial charge is 0.480 e. The molecule has 42 heavy (non-hydrogen) atoms. The van der Waals surface area contributed by atoms with E-state index in [0.29, 0.717) is 19.4 Å². The third-order valence-corrected chi connectivity index (χ3v) is 6.91. The summed E-state index contributed by atoms with van der Waals surface area (Å²) in [5.74, 6) is -3.32. The predicted molar refractivity (Wildman–Crippen MR) is 161 cm³/mol. The van der Waals surface area contributed by atoms with Crippen molar-refractivity contribution in [3.05, 3.63) is 71.8 Å². The van der Waals surface area contributed by atoms with Crippen molar-refractivity contribution in [1.29, 1.82) is 0 Å². The average Bonchev–Trinajstić information content (AvgIpc) is 2.97. The number of rotatable bonds is 17. The quantitative estimate of drug-likeness (QED) is 0.0788. The standard InChI is InChI=1S/C30H43N7O5/c1-3-19(2)25(28(40)36-24(29(41)42)18-21-13-8-5-9-14-21)37-27(39)23(17-20-11-6-4-7-12-20)35-26(38)22(31)15-10-16-34-30(32)33/h4-9,11-14,19,22-25H,3,10,15-18,31H2,1-2H3,(H,35,38)(H,36,40)(H,37,39)(H,41,42)(H4,32,33,34). The van der Waals surface area contributed by atoms with E-state index < -0.39 is 47.9 Å². The summed E-state index contributed by atoms with van der Waals surface area (Å²) >= 11 is 0. The second-order valence-corrected chi connectivity index (χ2v) is 10.3. The van der Waals surface area contributed by atoms with Crippen molar-refractivity contribution in [1.82, 2.24) is 16.0 Å². The molecule has 5 unspecified atom stereocenters. The molecule has 12 heteroatoms. The number of aliphatic carboxylic acids is 1. The summed E-state index contributed by atoms with van der Waals surface area (Å²) in [5, 5.41) is 17.8. The van der Waals surface area contributed by atoms with E-state index in [2.05, 4.69) is 20.9 Å². The Labute approximate surface area is 246 Å². The van der Waals surface area contributed by atoms with E-state index in [9.17, 15) is 24.3 Å². The Bertz CT molecular complexity index is 1190. The molecular formula is C30H43N7O5. The maximum absolute atomic E-state index is 13.6. The molecule has 2 rings (SSSR count). The van der Waals surface area contributed by atoms with Crippen LogP contribution in [0.4, 0.5) is 0 Å². The van der Waals surface area contributed by atoms with Crippen molar-refractivity contribution in [2.75, 3.05) is 6.54 Å². The summed E-state index contributed by atoms with van der Waals surface area (Å²) in [6, 6.07) is 13.9. The van der Waals surface area contributed by atoms with Gasteiger partial charge in [0.05, 0.1) is 6.04 Å². The number of carbonyl (C=O) groups is 4. The van der Waals surface area contributed by atoms with Gasteiger partial charge in [-0.15, -0.1) is 0 Å². The van der Waals surface area contributed by atoms with Gasteiger partial charge in [-0.2, -0.15) is 0 Å². The average molecular weight is 582 g/mol. The maximum atomic E-state index is 13.6. The van der Waals surface area contributed by atoms with Crippen LogP contribution in [-0.4, -0.2) is 65.5 Å². The van der Waals surface area contributed by atoms with Gasteiger partial charge in [0.1, 0.15) is 18.1 Å². The van der Waals surface area contributed by atoms with Crippen LogP contribution >= 0.6 is 0 Å². The van der Waals surface area contributed by atoms with Crippen LogP contribution in [0.25, 0.3) is 0 Å². The Morgan fingerprint density at radius 1 is 0.810 bits per heavy atom. The lowest BCUT2D eigenvalue weighted by molar-refractivity contribution is -0.142. The SMILES string of the molecule is CCC(C)C(NC(=O)C(Cc1ccccc1)NC(=O)C(N)CCCN=C(N)N)C(=O)NC(Cc1ccccc1)C(=O)O. The van der Waals surface area contributed by atoms with Gasteiger partial charge in [0.15, 0.2) is 5.96 Å². The first-order valence-electron chi connectivity index (χ1n) is 14.0. The number of aliphatic imine (C=N–C) groups is 1. The third kappa shape index (κ3) is 11.6. The summed E-state index contributed by atoms with van der Waals surface area (Å²) in [5.41, 5.74) is 18.3. The molecule has 0 heterocycles. The van der Waals surface area contributed by atoms with Crippen molar-refractivity contribution in [3.63, 3.8) is 0 Å². The summed E-state index contributed by atoms with van der Waals surface area (Å²) in [7, 11) is 0. The first-order valence-corrected chi connectivity index (χ1v) is 14.0. The smallest absolute Gasteiger partial charge is 0.326 e. The molecule has 0 fully saturated rings. The summed E-state index contributed by atoms with van der Waals surface area (Å²) in [6.45, 7) is 3.96. The van der Waals surface area contributed by atoms with E-state index in [1.807, 2.05) is 43.3 Å². The van der Waals surface area contributed by atoms with Gasteiger partial charge in [0.2, 0.25) is 17.7 Å². The minimum absolute atomic E-state index is 0.0535. The molecule has 12 nitrogen and oxygen atoms in total. The highest BCUT2D eigenvalue weighted by molar-refractivity contribution is 5.94. The first kappa shape index (κ1) is 33.8. The van der Waals surface area contributed by atoms with E-state index in [4.69, 9.17) is 17.2 Å². The van der Waals surface area contributed by atoms with Crippen molar-refractivity contribution >= 4 is 29.7 Å². The predicted octanol–water partition coefficient (Wildman–Crippen LogP) is 0.438. The number of carboxylic acid groups (broad SMARTS) is 1. The maximum Gasteiger partial charge on any atom is 0.326 e. The van der Waals surface area contributed by atoms with Gasteiger partial charge in [0, 0.05) is 19.4 Å². The number of carboxylic acids is 1. The number of benzene rings is 2. The summed E-state index contributed by atoms with van der Waals surface area (Å²) < 4.78 is 0. The molecule has 5 atom stereocenters. The Kier molecular flexibility index (Phi) is 14.0. The lowest BCUT2D eigenvalue weighted by Crippen LogP contribution is -2.59. The lowest BCUT2D eigenvalue weighted by Gasteiger charge is -2.28. The Morgan fingerprint density at radius 3 is 1.83 bits per heavy atom. The molecule has 3 amide bonds. The Hall–Kier alpha value is -4.45. The van der Waals surface area contributed by atoms with Crippen LogP contribution in [0.15, 0.2) is 65.7 Å². The minimum atomic E-state index is -1.19. The van der Waals surface area contributed by atoms with E-state index in [1.165, 1.54) is 0 Å². The zero-order valence-electron chi connectivity index (χ0n) is 24.2. The fraction of sp³-hybridized carbons (Fsp3) is 0.433. The zero-order valence-corrected chi connectivity index (χ0v) is 24.2. The molecule has 0 bridgehead atoms. The third-order valence-electron chi connectivity index (χ3n) is 6.91. The fourth-order valence-corrected chi connectivity index (χ4v) is 4.26.